The number of hydrogen-bond acceptors (Lipinski definition) is 5. The Balaban J connectivity index is 2.34. The predicted octanol–water partition coefficient (Wildman–Crippen LogP) is 1.57. The number of likely N-dealkylation sites (tertiary alicyclic amines) is 1. The molecule has 1 rings (SSSR count). The van der Waals surface area contributed by atoms with Crippen molar-refractivity contribution in [2.45, 2.75) is 44.4 Å². The second-order valence-electron chi connectivity index (χ2n) is 5.52. The van der Waals surface area contributed by atoms with Crippen LogP contribution in [0.1, 0.15) is 26.2 Å². The van der Waals surface area contributed by atoms with E-state index in [1.54, 1.807) is 0 Å². The van der Waals surface area contributed by atoms with Gasteiger partial charge >= 0.3 is 0 Å². The molecule has 0 aromatic carbocycles. The van der Waals surface area contributed by atoms with Crippen molar-refractivity contribution in [1.82, 2.24) is 9.80 Å². The summed E-state index contributed by atoms with van der Waals surface area (Å²) in [6, 6.07) is 0.263. The number of hydrogen-bond donors (Lipinski definition) is 0. The summed E-state index contributed by atoms with van der Waals surface area (Å²) in [5, 5.41) is 3.01. The third-order valence-corrected chi connectivity index (χ3v) is 3.67. The molecule has 3 atom stereocenters. The molecule has 1 fully saturated rings. The predicted molar refractivity (Wildman–Crippen MR) is 73.8 cm³/mol. The number of likely N-dealkylation sites (N-methyl/N-ethyl adjacent to an activating group) is 1. The van der Waals surface area contributed by atoms with Gasteiger partial charge in [-0.1, -0.05) is 12.1 Å². The Morgan fingerprint density at radius 2 is 2.22 bits per heavy atom. The maximum absolute atomic E-state index is 10.3. The van der Waals surface area contributed by atoms with Gasteiger partial charge in [-0.2, -0.15) is 4.91 Å². The first kappa shape index (κ1) is 15.5. The molecule has 1 aliphatic rings. The molecule has 0 amide bonds. The third-order valence-electron chi connectivity index (χ3n) is 3.67. The summed E-state index contributed by atoms with van der Waals surface area (Å²) >= 11 is 0. The van der Waals surface area contributed by atoms with E-state index in [4.69, 9.17) is 4.74 Å². The van der Waals surface area contributed by atoms with Crippen molar-refractivity contribution in [2.24, 2.45) is 5.18 Å². The average molecular weight is 257 g/mol. The first-order valence-electron chi connectivity index (χ1n) is 6.86. The minimum atomic E-state index is 0.258. The Bertz CT molecular complexity index is 248. The molecule has 0 spiro atoms. The molecule has 3 unspecified atom stereocenters. The van der Waals surface area contributed by atoms with Crippen molar-refractivity contribution < 1.29 is 4.74 Å². The zero-order chi connectivity index (χ0) is 13.5. The van der Waals surface area contributed by atoms with E-state index in [9.17, 15) is 4.91 Å². The largest absolute Gasteiger partial charge is 0.374 e. The van der Waals surface area contributed by atoms with Gasteiger partial charge in [0, 0.05) is 12.6 Å². The molecule has 0 saturated carbocycles. The highest BCUT2D eigenvalue weighted by Crippen LogP contribution is 2.21. The van der Waals surface area contributed by atoms with E-state index < -0.39 is 0 Å². The van der Waals surface area contributed by atoms with Crippen LogP contribution in [0.15, 0.2) is 5.18 Å². The Morgan fingerprint density at radius 1 is 1.50 bits per heavy atom. The number of nitroso groups, excluding NO2 is 1. The molecule has 0 bridgehead atoms. The van der Waals surface area contributed by atoms with Gasteiger partial charge in [-0.3, -0.25) is 4.90 Å². The van der Waals surface area contributed by atoms with Crippen LogP contribution in [0.4, 0.5) is 0 Å². The van der Waals surface area contributed by atoms with Gasteiger partial charge in [0.1, 0.15) is 0 Å². The molecule has 0 aliphatic carbocycles. The fourth-order valence-corrected chi connectivity index (χ4v) is 2.47. The van der Waals surface area contributed by atoms with E-state index in [1.807, 2.05) is 7.05 Å². The summed E-state index contributed by atoms with van der Waals surface area (Å²) in [6.07, 6.45) is 3.63. The van der Waals surface area contributed by atoms with E-state index in [-0.39, 0.29) is 12.1 Å². The highest BCUT2D eigenvalue weighted by molar-refractivity contribution is 4.86. The lowest BCUT2D eigenvalue weighted by Crippen LogP contribution is -2.28. The van der Waals surface area contributed by atoms with Crippen molar-refractivity contribution in [3.63, 3.8) is 0 Å². The molecule has 0 radical (unpaired) electrons. The van der Waals surface area contributed by atoms with Crippen LogP contribution in [-0.2, 0) is 4.74 Å². The first-order valence-corrected chi connectivity index (χ1v) is 6.86. The fourth-order valence-electron chi connectivity index (χ4n) is 2.47. The second kappa shape index (κ2) is 7.81. The van der Waals surface area contributed by atoms with Gasteiger partial charge in [0.15, 0.2) is 0 Å². The normalized spacial score (nSPS) is 26.7. The summed E-state index contributed by atoms with van der Waals surface area (Å²) in [5.74, 6) is 0. The molecular formula is C13H27N3O2. The van der Waals surface area contributed by atoms with Crippen LogP contribution in [0.3, 0.4) is 0 Å². The van der Waals surface area contributed by atoms with Gasteiger partial charge in [0.05, 0.1) is 18.8 Å². The van der Waals surface area contributed by atoms with Crippen molar-refractivity contribution >= 4 is 0 Å². The third kappa shape index (κ3) is 5.00. The van der Waals surface area contributed by atoms with Crippen LogP contribution in [0, 0.1) is 4.91 Å². The standard InChI is InChI=1S/C13H27N3O2/c1-5-12(6-7-15(2)3)18-13-8-11(9-14-17)16(4)10-13/h11-13H,5-10H2,1-4H3. The van der Waals surface area contributed by atoms with Crippen molar-refractivity contribution in [3.05, 3.63) is 4.91 Å². The van der Waals surface area contributed by atoms with Crippen LogP contribution in [0.2, 0.25) is 0 Å². The van der Waals surface area contributed by atoms with Gasteiger partial charge in [0.2, 0.25) is 0 Å². The lowest BCUT2D eigenvalue weighted by Gasteiger charge is -2.22. The molecule has 0 N–H and O–H groups in total. The topological polar surface area (TPSA) is 45.1 Å². The maximum atomic E-state index is 10.3. The van der Waals surface area contributed by atoms with Crippen LogP contribution in [-0.4, -0.2) is 68.8 Å². The maximum Gasteiger partial charge on any atom is 0.0967 e. The molecule has 0 aromatic rings. The van der Waals surface area contributed by atoms with Gasteiger partial charge in [-0.25, -0.2) is 0 Å². The summed E-state index contributed by atoms with van der Waals surface area (Å²) in [5.41, 5.74) is 0. The monoisotopic (exact) mass is 257 g/mol. The minimum Gasteiger partial charge on any atom is -0.374 e. The molecule has 5 heteroatoms. The Morgan fingerprint density at radius 3 is 2.78 bits per heavy atom. The van der Waals surface area contributed by atoms with Crippen LogP contribution < -0.4 is 0 Å². The Hall–Kier alpha value is -0.520. The molecule has 1 heterocycles. The van der Waals surface area contributed by atoms with Crippen molar-refractivity contribution in [2.75, 3.05) is 40.8 Å². The van der Waals surface area contributed by atoms with Crippen molar-refractivity contribution in [1.29, 1.82) is 0 Å². The molecule has 18 heavy (non-hydrogen) atoms. The number of ether oxygens (including phenoxy) is 1. The number of rotatable bonds is 8. The van der Waals surface area contributed by atoms with E-state index in [0.29, 0.717) is 12.6 Å². The molecule has 1 saturated heterocycles. The minimum absolute atomic E-state index is 0.258. The van der Waals surface area contributed by atoms with Crippen molar-refractivity contribution in [3.8, 4) is 0 Å². The SMILES string of the molecule is CCC(CCN(C)C)OC1CC(CN=O)N(C)C1. The molecule has 0 aromatic heterocycles. The van der Waals surface area contributed by atoms with Gasteiger partial charge < -0.3 is 9.64 Å². The van der Waals surface area contributed by atoms with E-state index in [1.165, 1.54) is 0 Å². The lowest BCUT2D eigenvalue weighted by atomic mass is 10.1. The molecule has 1 aliphatic heterocycles. The molecule has 5 nitrogen and oxygen atoms in total. The summed E-state index contributed by atoms with van der Waals surface area (Å²) in [7, 11) is 6.21. The number of nitrogens with zero attached hydrogens (tertiary/aromatic N) is 3. The zero-order valence-electron chi connectivity index (χ0n) is 12.1. The summed E-state index contributed by atoms with van der Waals surface area (Å²) in [6.45, 7) is 4.52. The quantitative estimate of drug-likeness (QED) is 0.619. The summed E-state index contributed by atoms with van der Waals surface area (Å²) < 4.78 is 6.15. The Labute approximate surface area is 110 Å². The highest BCUT2D eigenvalue weighted by atomic mass is 16.5. The molecule has 106 valence electrons. The first-order chi connectivity index (χ1) is 8.56. The average Bonchev–Trinajstić information content (AvgIpc) is 2.65. The summed E-state index contributed by atoms with van der Waals surface area (Å²) in [4.78, 5) is 14.7. The second-order valence-corrected chi connectivity index (χ2v) is 5.52. The van der Waals surface area contributed by atoms with Crippen LogP contribution in [0.25, 0.3) is 0 Å². The fraction of sp³-hybridized carbons (Fsp3) is 1.00. The molecular weight excluding hydrogens is 230 g/mol. The van der Waals surface area contributed by atoms with E-state index in [2.05, 4.69) is 36.0 Å². The van der Waals surface area contributed by atoms with Gasteiger partial charge in [-0.15, -0.1) is 0 Å². The zero-order valence-corrected chi connectivity index (χ0v) is 12.1. The van der Waals surface area contributed by atoms with Crippen LogP contribution in [0.5, 0.6) is 0 Å². The smallest absolute Gasteiger partial charge is 0.0967 e. The highest BCUT2D eigenvalue weighted by Gasteiger charge is 2.31. The lowest BCUT2D eigenvalue weighted by molar-refractivity contribution is -0.0141. The van der Waals surface area contributed by atoms with E-state index >= 15 is 0 Å². The van der Waals surface area contributed by atoms with Gasteiger partial charge in [0.25, 0.3) is 0 Å². The van der Waals surface area contributed by atoms with Crippen LogP contribution >= 0.6 is 0 Å². The Kier molecular flexibility index (Phi) is 6.75. The van der Waals surface area contributed by atoms with E-state index in [0.717, 1.165) is 32.4 Å². The van der Waals surface area contributed by atoms with Gasteiger partial charge in [-0.05, 0) is 47.0 Å².